The normalized spacial score (nSPS) is 10.7. The molecule has 2 N–H and O–H groups in total. The number of hydrogen-bond acceptors (Lipinski definition) is 1. The summed E-state index contributed by atoms with van der Waals surface area (Å²) in [5, 5.41) is 4.06. The molecule has 0 aliphatic rings. The fourth-order valence-corrected chi connectivity index (χ4v) is 2.47. The lowest BCUT2D eigenvalue weighted by molar-refractivity contribution is 0.102. The van der Waals surface area contributed by atoms with Gasteiger partial charge in [-0.15, -0.1) is 0 Å². The van der Waals surface area contributed by atoms with E-state index in [4.69, 9.17) is 0 Å². The van der Waals surface area contributed by atoms with E-state index in [1.54, 1.807) is 0 Å². The van der Waals surface area contributed by atoms with Crippen molar-refractivity contribution in [2.75, 3.05) is 5.32 Å². The predicted octanol–water partition coefficient (Wildman–Crippen LogP) is 4.04. The van der Waals surface area contributed by atoms with E-state index in [1.165, 1.54) is 0 Å². The van der Waals surface area contributed by atoms with Crippen molar-refractivity contribution in [1.82, 2.24) is 4.98 Å². The zero-order chi connectivity index (χ0) is 14.1. The number of anilines is 1. The lowest BCUT2D eigenvalue weighted by Gasteiger charge is -2.11. The second-order valence-corrected chi connectivity index (χ2v) is 4.97. The molecular formula is C17H16N2O. The lowest BCUT2D eigenvalue weighted by atomic mass is 10.1. The molecule has 3 rings (SSSR count). The molecular weight excluding hydrogens is 248 g/mol. The van der Waals surface area contributed by atoms with Gasteiger partial charge in [0, 0.05) is 17.3 Å². The van der Waals surface area contributed by atoms with Crippen LogP contribution < -0.4 is 5.32 Å². The molecule has 0 atom stereocenters. The highest BCUT2D eigenvalue weighted by molar-refractivity contribution is 6.12. The minimum Gasteiger partial charge on any atom is -0.361 e. The number of para-hydroxylation sites is 2. The number of aryl methyl sites for hydroxylation is 2. The SMILES string of the molecule is Cc1cccc(C)c1NC(=O)c1cccc2cc[nH]c12. The van der Waals surface area contributed by atoms with Crippen LogP contribution in [0.5, 0.6) is 0 Å². The largest absolute Gasteiger partial charge is 0.361 e. The van der Waals surface area contributed by atoms with Gasteiger partial charge >= 0.3 is 0 Å². The summed E-state index contributed by atoms with van der Waals surface area (Å²) < 4.78 is 0. The van der Waals surface area contributed by atoms with Gasteiger partial charge < -0.3 is 10.3 Å². The molecule has 1 heterocycles. The average Bonchev–Trinajstić information content (AvgIpc) is 2.91. The van der Waals surface area contributed by atoms with Gasteiger partial charge in [0.15, 0.2) is 0 Å². The third-order valence-corrected chi connectivity index (χ3v) is 3.55. The molecule has 2 aromatic carbocycles. The minimum absolute atomic E-state index is 0.0875. The zero-order valence-electron chi connectivity index (χ0n) is 11.5. The van der Waals surface area contributed by atoms with Crippen molar-refractivity contribution < 1.29 is 4.79 Å². The molecule has 3 heteroatoms. The number of aromatic nitrogens is 1. The first kappa shape index (κ1) is 12.5. The highest BCUT2D eigenvalue weighted by atomic mass is 16.1. The van der Waals surface area contributed by atoms with Crippen molar-refractivity contribution >= 4 is 22.5 Å². The van der Waals surface area contributed by atoms with Gasteiger partial charge in [-0.05, 0) is 37.1 Å². The van der Waals surface area contributed by atoms with Crippen LogP contribution >= 0.6 is 0 Å². The van der Waals surface area contributed by atoms with E-state index in [1.807, 2.05) is 62.5 Å². The van der Waals surface area contributed by atoms with Gasteiger partial charge in [-0.1, -0.05) is 30.3 Å². The molecule has 0 aliphatic carbocycles. The Kier molecular flexibility index (Phi) is 3.03. The Hall–Kier alpha value is -2.55. The van der Waals surface area contributed by atoms with Crippen molar-refractivity contribution in [3.63, 3.8) is 0 Å². The lowest BCUT2D eigenvalue weighted by Crippen LogP contribution is -2.14. The smallest absolute Gasteiger partial charge is 0.257 e. The Morgan fingerprint density at radius 2 is 1.70 bits per heavy atom. The molecule has 1 amide bonds. The molecule has 100 valence electrons. The third kappa shape index (κ3) is 2.07. The number of carbonyl (C=O) groups excluding carboxylic acids is 1. The second kappa shape index (κ2) is 4.85. The molecule has 3 nitrogen and oxygen atoms in total. The number of amides is 1. The van der Waals surface area contributed by atoms with E-state index in [0.717, 1.165) is 27.7 Å². The summed E-state index contributed by atoms with van der Waals surface area (Å²) in [5.74, 6) is -0.0875. The first-order valence-corrected chi connectivity index (χ1v) is 6.60. The first-order valence-electron chi connectivity index (χ1n) is 6.60. The summed E-state index contributed by atoms with van der Waals surface area (Å²) >= 11 is 0. The second-order valence-electron chi connectivity index (χ2n) is 4.97. The number of nitrogens with one attached hydrogen (secondary N) is 2. The Balaban J connectivity index is 2.00. The van der Waals surface area contributed by atoms with Crippen molar-refractivity contribution in [3.8, 4) is 0 Å². The van der Waals surface area contributed by atoms with Crippen LogP contribution in [0, 0.1) is 13.8 Å². The van der Waals surface area contributed by atoms with E-state index in [9.17, 15) is 4.79 Å². The molecule has 20 heavy (non-hydrogen) atoms. The Morgan fingerprint density at radius 1 is 1.00 bits per heavy atom. The number of H-pyrrole nitrogens is 1. The van der Waals surface area contributed by atoms with Gasteiger partial charge in [-0.25, -0.2) is 0 Å². The van der Waals surface area contributed by atoms with E-state index in [-0.39, 0.29) is 5.91 Å². The Labute approximate surface area is 117 Å². The van der Waals surface area contributed by atoms with Gasteiger partial charge in [-0.2, -0.15) is 0 Å². The first-order chi connectivity index (χ1) is 9.66. The molecule has 0 spiro atoms. The minimum atomic E-state index is -0.0875. The van der Waals surface area contributed by atoms with Gasteiger partial charge in [-0.3, -0.25) is 4.79 Å². The fourth-order valence-electron chi connectivity index (χ4n) is 2.47. The highest BCUT2D eigenvalue weighted by Crippen LogP contribution is 2.22. The highest BCUT2D eigenvalue weighted by Gasteiger charge is 2.12. The molecule has 1 aromatic heterocycles. The number of hydrogen-bond donors (Lipinski definition) is 2. The molecule has 0 aliphatic heterocycles. The summed E-state index contributed by atoms with van der Waals surface area (Å²) in [6, 6.07) is 13.7. The van der Waals surface area contributed by atoms with Crippen LogP contribution in [0.1, 0.15) is 21.5 Å². The fraction of sp³-hybridized carbons (Fsp3) is 0.118. The van der Waals surface area contributed by atoms with E-state index in [2.05, 4.69) is 10.3 Å². The zero-order valence-corrected chi connectivity index (χ0v) is 11.5. The number of aromatic amines is 1. The van der Waals surface area contributed by atoms with Crippen LogP contribution in [0.15, 0.2) is 48.7 Å². The van der Waals surface area contributed by atoms with Crippen LogP contribution in [-0.2, 0) is 0 Å². The van der Waals surface area contributed by atoms with E-state index in [0.29, 0.717) is 5.56 Å². The van der Waals surface area contributed by atoms with Crippen LogP contribution in [0.4, 0.5) is 5.69 Å². The van der Waals surface area contributed by atoms with Gasteiger partial charge in [0.25, 0.3) is 5.91 Å². The van der Waals surface area contributed by atoms with E-state index >= 15 is 0 Å². The van der Waals surface area contributed by atoms with Crippen molar-refractivity contribution in [2.45, 2.75) is 13.8 Å². The summed E-state index contributed by atoms with van der Waals surface area (Å²) in [6.45, 7) is 4.00. The van der Waals surface area contributed by atoms with Crippen LogP contribution in [-0.4, -0.2) is 10.9 Å². The van der Waals surface area contributed by atoms with Crippen molar-refractivity contribution in [1.29, 1.82) is 0 Å². The summed E-state index contributed by atoms with van der Waals surface area (Å²) in [7, 11) is 0. The van der Waals surface area contributed by atoms with Gasteiger partial charge in [0.05, 0.1) is 11.1 Å². The summed E-state index contributed by atoms with van der Waals surface area (Å²) in [6.07, 6.45) is 1.85. The van der Waals surface area contributed by atoms with Crippen molar-refractivity contribution in [2.24, 2.45) is 0 Å². The number of fused-ring (bicyclic) bond motifs is 1. The maximum absolute atomic E-state index is 12.5. The molecule has 0 saturated heterocycles. The molecule has 3 aromatic rings. The summed E-state index contributed by atoms with van der Waals surface area (Å²) in [5.41, 5.74) is 4.56. The number of benzene rings is 2. The molecule has 0 saturated carbocycles. The third-order valence-electron chi connectivity index (χ3n) is 3.55. The molecule has 0 unspecified atom stereocenters. The Morgan fingerprint density at radius 3 is 2.45 bits per heavy atom. The van der Waals surface area contributed by atoms with Crippen LogP contribution in [0.25, 0.3) is 10.9 Å². The maximum Gasteiger partial charge on any atom is 0.257 e. The van der Waals surface area contributed by atoms with Crippen LogP contribution in [0.2, 0.25) is 0 Å². The quantitative estimate of drug-likeness (QED) is 0.721. The standard InChI is InChI=1S/C17H16N2O/c1-11-5-3-6-12(2)15(11)19-17(20)14-8-4-7-13-9-10-18-16(13)14/h3-10,18H,1-2H3,(H,19,20). The topological polar surface area (TPSA) is 44.9 Å². The molecule has 0 radical (unpaired) electrons. The van der Waals surface area contributed by atoms with Crippen molar-refractivity contribution in [3.05, 3.63) is 65.4 Å². The molecule has 0 fully saturated rings. The average molecular weight is 264 g/mol. The van der Waals surface area contributed by atoms with Gasteiger partial charge in [0.1, 0.15) is 0 Å². The molecule has 0 bridgehead atoms. The maximum atomic E-state index is 12.5. The Bertz CT molecular complexity index is 766. The monoisotopic (exact) mass is 264 g/mol. The van der Waals surface area contributed by atoms with E-state index < -0.39 is 0 Å². The summed E-state index contributed by atoms with van der Waals surface area (Å²) in [4.78, 5) is 15.6. The van der Waals surface area contributed by atoms with Gasteiger partial charge in [0.2, 0.25) is 0 Å². The number of rotatable bonds is 2. The predicted molar refractivity (Wildman–Crippen MR) is 82.2 cm³/mol. The van der Waals surface area contributed by atoms with Crippen LogP contribution in [0.3, 0.4) is 0 Å². The number of carbonyl (C=O) groups is 1.